The molecule has 0 saturated heterocycles. The maximum absolute atomic E-state index is 12.8. The van der Waals surface area contributed by atoms with Crippen molar-refractivity contribution in [2.45, 2.75) is 11.0 Å². The zero-order chi connectivity index (χ0) is 22.1. The van der Waals surface area contributed by atoms with E-state index in [9.17, 15) is 4.79 Å². The second-order valence-corrected chi connectivity index (χ2v) is 8.39. The Balaban J connectivity index is 1.56. The standard InChI is InChI=1S/C21H13Cl2N7OS/c22-16-8-7-14(10-17(16)23)30-19(13-4-3-9-24-11-13)26-27-21(30)32-12-29-20(31)15-5-1-2-6-18(15)25-28-29/h1-11H,12H2. The van der Waals surface area contributed by atoms with Gasteiger partial charge in [0.15, 0.2) is 11.0 Å². The van der Waals surface area contributed by atoms with Gasteiger partial charge in [0.2, 0.25) is 0 Å². The summed E-state index contributed by atoms with van der Waals surface area (Å²) < 4.78 is 3.13. The summed E-state index contributed by atoms with van der Waals surface area (Å²) in [4.78, 5) is 16.9. The van der Waals surface area contributed by atoms with Gasteiger partial charge in [-0.2, -0.15) is 4.68 Å². The van der Waals surface area contributed by atoms with Gasteiger partial charge in [0.25, 0.3) is 5.56 Å². The van der Waals surface area contributed by atoms with Crippen LogP contribution in [-0.4, -0.2) is 34.7 Å². The molecule has 158 valence electrons. The SMILES string of the molecule is O=c1c2ccccc2nnn1CSc1nnc(-c2cccnc2)n1-c1ccc(Cl)c(Cl)c1. The van der Waals surface area contributed by atoms with Crippen LogP contribution in [0.2, 0.25) is 10.0 Å². The molecule has 0 fully saturated rings. The molecule has 5 rings (SSSR count). The molecule has 0 aliphatic carbocycles. The molecule has 0 spiro atoms. The van der Waals surface area contributed by atoms with E-state index in [1.54, 1.807) is 42.7 Å². The third-order valence-corrected chi connectivity index (χ3v) is 6.29. The molecule has 32 heavy (non-hydrogen) atoms. The Labute approximate surface area is 195 Å². The summed E-state index contributed by atoms with van der Waals surface area (Å²) in [5.74, 6) is 0.777. The highest BCUT2D eigenvalue weighted by Crippen LogP contribution is 2.31. The van der Waals surface area contributed by atoms with Gasteiger partial charge in [0.1, 0.15) is 5.52 Å². The summed E-state index contributed by atoms with van der Waals surface area (Å²) in [5, 5.41) is 18.8. The molecule has 0 bridgehead atoms. The Morgan fingerprint density at radius 3 is 2.62 bits per heavy atom. The lowest BCUT2D eigenvalue weighted by atomic mass is 10.2. The van der Waals surface area contributed by atoms with Gasteiger partial charge >= 0.3 is 0 Å². The van der Waals surface area contributed by atoms with E-state index in [0.29, 0.717) is 31.9 Å². The van der Waals surface area contributed by atoms with Gasteiger partial charge in [-0.3, -0.25) is 14.3 Å². The lowest BCUT2D eigenvalue weighted by molar-refractivity contribution is 0.643. The Kier molecular flexibility index (Phi) is 5.60. The van der Waals surface area contributed by atoms with Gasteiger partial charge in [0.05, 0.1) is 27.0 Å². The first-order chi connectivity index (χ1) is 15.6. The average Bonchev–Trinajstić information content (AvgIpc) is 3.25. The Morgan fingerprint density at radius 2 is 1.81 bits per heavy atom. The van der Waals surface area contributed by atoms with Crippen molar-refractivity contribution in [2.75, 3.05) is 0 Å². The molecule has 0 unspecified atom stereocenters. The maximum atomic E-state index is 12.8. The lowest BCUT2D eigenvalue weighted by Crippen LogP contribution is -2.23. The van der Waals surface area contributed by atoms with Crippen LogP contribution >= 0.6 is 35.0 Å². The summed E-state index contributed by atoms with van der Waals surface area (Å²) >= 11 is 13.7. The Bertz CT molecular complexity index is 1490. The van der Waals surface area contributed by atoms with Gasteiger partial charge in [-0.1, -0.05) is 52.3 Å². The number of aromatic nitrogens is 7. The van der Waals surface area contributed by atoms with Crippen LogP contribution in [0.3, 0.4) is 0 Å². The number of pyridine rings is 1. The van der Waals surface area contributed by atoms with Crippen molar-refractivity contribution in [3.63, 3.8) is 0 Å². The highest BCUT2D eigenvalue weighted by molar-refractivity contribution is 7.98. The minimum Gasteiger partial charge on any atom is -0.270 e. The van der Waals surface area contributed by atoms with E-state index < -0.39 is 0 Å². The zero-order valence-electron chi connectivity index (χ0n) is 16.3. The van der Waals surface area contributed by atoms with Crippen molar-refractivity contribution in [3.05, 3.63) is 87.4 Å². The molecule has 0 aliphatic rings. The first-order valence-corrected chi connectivity index (χ1v) is 11.1. The van der Waals surface area contributed by atoms with E-state index in [2.05, 4.69) is 25.5 Å². The fourth-order valence-corrected chi connectivity index (χ4v) is 4.25. The molecule has 0 amide bonds. The molecule has 2 aromatic carbocycles. The number of benzene rings is 2. The number of halogens is 2. The second-order valence-electron chi connectivity index (χ2n) is 6.67. The van der Waals surface area contributed by atoms with Crippen molar-refractivity contribution < 1.29 is 0 Å². The van der Waals surface area contributed by atoms with Crippen LogP contribution in [0.5, 0.6) is 0 Å². The van der Waals surface area contributed by atoms with Crippen LogP contribution < -0.4 is 5.56 Å². The van der Waals surface area contributed by atoms with E-state index in [1.165, 1.54) is 16.4 Å². The number of hydrogen-bond acceptors (Lipinski definition) is 7. The number of fused-ring (bicyclic) bond motifs is 1. The normalized spacial score (nSPS) is 11.2. The zero-order valence-corrected chi connectivity index (χ0v) is 18.6. The Hall–Kier alpha value is -3.27. The van der Waals surface area contributed by atoms with Crippen LogP contribution in [0.1, 0.15) is 0 Å². The number of rotatable bonds is 5. The van der Waals surface area contributed by atoms with Crippen LogP contribution in [0.4, 0.5) is 0 Å². The van der Waals surface area contributed by atoms with Crippen molar-refractivity contribution in [2.24, 2.45) is 0 Å². The highest BCUT2D eigenvalue weighted by atomic mass is 35.5. The number of thioether (sulfide) groups is 1. The number of hydrogen-bond donors (Lipinski definition) is 0. The van der Waals surface area contributed by atoms with Gasteiger partial charge in [0, 0.05) is 18.0 Å². The van der Waals surface area contributed by atoms with Gasteiger partial charge in [-0.05, 0) is 42.5 Å². The van der Waals surface area contributed by atoms with E-state index in [4.69, 9.17) is 23.2 Å². The largest absolute Gasteiger partial charge is 0.278 e. The molecule has 5 aromatic rings. The van der Waals surface area contributed by atoms with Crippen molar-refractivity contribution in [1.82, 2.24) is 34.7 Å². The molecule has 8 nitrogen and oxygen atoms in total. The second kappa shape index (κ2) is 8.70. The minimum absolute atomic E-state index is 0.198. The third-order valence-electron chi connectivity index (χ3n) is 4.66. The molecule has 3 heterocycles. The molecule has 0 N–H and O–H groups in total. The van der Waals surface area contributed by atoms with Crippen LogP contribution in [0.15, 0.2) is 76.9 Å². The first-order valence-electron chi connectivity index (χ1n) is 9.38. The predicted molar refractivity (Wildman–Crippen MR) is 124 cm³/mol. The van der Waals surface area contributed by atoms with Crippen molar-refractivity contribution in [1.29, 1.82) is 0 Å². The molecular formula is C21H13Cl2N7OS. The summed E-state index contributed by atoms with van der Waals surface area (Å²) in [6.45, 7) is 0. The molecule has 0 atom stereocenters. The average molecular weight is 482 g/mol. The molecule has 3 aromatic heterocycles. The predicted octanol–water partition coefficient (Wildman–Crippen LogP) is 4.49. The summed E-state index contributed by atoms with van der Waals surface area (Å²) in [6.07, 6.45) is 3.38. The van der Waals surface area contributed by atoms with E-state index in [0.717, 1.165) is 11.3 Å². The van der Waals surface area contributed by atoms with Gasteiger partial charge in [-0.25, -0.2) is 0 Å². The Morgan fingerprint density at radius 1 is 0.938 bits per heavy atom. The van der Waals surface area contributed by atoms with Gasteiger partial charge < -0.3 is 0 Å². The van der Waals surface area contributed by atoms with Crippen LogP contribution in [0.25, 0.3) is 28.0 Å². The first kappa shape index (κ1) is 20.6. The molecular weight excluding hydrogens is 469 g/mol. The highest BCUT2D eigenvalue weighted by Gasteiger charge is 2.18. The monoisotopic (exact) mass is 481 g/mol. The quantitative estimate of drug-likeness (QED) is 0.341. The third kappa shape index (κ3) is 3.86. The molecule has 11 heteroatoms. The minimum atomic E-state index is -0.226. The fourth-order valence-electron chi connectivity index (χ4n) is 3.13. The maximum Gasteiger partial charge on any atom is 0.278 e. The topological polar surface area (TPSA) is 91.4 Å². The molecule has 0 saturated carbocycles. The number of nitrogens with zero attached hydrogens (tertiary/aromatic N) is 7. The molecule has 0 aliphatic heterocycles. The summed E-state index contributed by atoms with van der Waals surface area (Å²) in [6, 6.07) is 16.1. The van der Waals surface area contributed by atoms with E-state index in [-0.39, 0.29) is 11.4 Å². The van der Waals surface area contributed by atoms with E-state index >= 15 is 0 Å². The van der Waals surface area contributed by atoms with Crippen molar-refractivity contribution >= 4 is 45.9 Å². The lowest BCUT2D eigenvalue weighted by Gasteiger charge is -2.11. The molecule has 0 radical (unpaired) electrons. The summed E-state index contributed by atoms with van der Waals surface area (Å²) in [5.41, 5.74) is 1.83. The van der Waals surface area contributed by atoms with Crippen LogP contribution in [-0.2, 0) is 5.88 Å². The van der Waals surface area contributed by atoms with Crippen LogP contribution in [0, 0.1) is 0 Å². The van der Waals surface area contributed by atoms with Gasteiger partial charge in [-0.15, -0.1) is 15.3 Å². The smallest absolute Gasteiger partial charge is 0.270 e. The summed E-state index contributed by atoms with van der Waals surface area (Å²) in [7, 11) is 0. The van der Waals surface area contributed by atoms with E-state index in [1.807, 2.05) is 28.8 Å². The van der Waals surface area contributed by atoms with Crippen molar-refractivity contribution in [3.8, 4) is 17.1 Å². The fraction of sp³-hybridized carbons (Fsp3) is 0.0476.